The van der Waals surface area contributed by atoms with Gasteiger partial charge in [0.1, 0.15) is 11.3 Å². The minimum absolute atomic E-state index is 0.148. The Morgan fingerprint density at radius 2 is 1.30 bits per heavy atom. The second-order valence-corrected chi connectivity index (χ2v) is 7.38. The van der Waals surface area contributed by atoms with Crippen LogP contribution in [0.2, 0.25) is 0 Å². The number of methoxy groups -OCH3 is 4. The predicted octanol–water partition coefficient (Wildman–Crippen LogP) is 3.78. The molecule has 0 aliphatic rings. The lowest BCUT2D eigenvalue weighted by Gasteiger charge is -2.14. The van der Waals surface area contributed by atoms with Crippen molar-refractivity contribution >= 4 is 5.97 Å². The van der Waals surface area contributed by atoms with Crippen LogP contribution in [0.25, 0.3) is 0 Å². The fourth-order valence-corrected chi connectivity index (χ4v) is 3.58. The molecule has 0 atom stereocenters. The van der Waals surface area contributed by atoms with Gasteiger partial charge in [0.15, 0.2) is 11.5 Å². The number of rotatable bonds is 11. The zero-order chi connectivity index (χ0) is 23.8. The summed E-state index contributed by atoms with van der Waals surface area (Å²) in [5.74, 6) is 1.15. The molecule has 3 aromatic rings. The second kappa shape index (κ2) is 11.2. The maximum atomic E-state index is 11.3. The molecule has 0 saturated carbocycles. The van der Waals surface area contributed by atoms with E-state index in [0.717, 1.165) is 28.9 Å². The van der Waals surface area contributed by atoms with Crippen LogP contribution >= 0.6 is 0 Å². The summed E-state index contributed by atoms with van der Waals surface area (Å²) in [5, 5.41) is 9.23. The molecule has 0 amide bonds. The van der Waals surface area contributed by atoms with Gasteiger partial charge in [-0.25, -0.2) is 4.79 Å². The van der Waals surface area contributed by atoms with Crippen molar-refractivity contribution in [3.63, 3.8) is 0 Å². The predicted molar refractivity (Wildman–Crippen MR) is 123 cm³/mol. The summed E-state index contributed by atoms with van der Waals surface area (Å²) < 4.78 is 21.4. The summed E-state index contributed by atoms with van der Waals surface area (Å²) in [6.07, 6.45) is 6.35. The van der Waals surface area contributed by atoms with Crippen LogP contribution in [0.4, 0.5) is 0 Å². The monoisotopic (exact) mass is 452 g/mol. The highest BCUT2D eigenvalue weighted by atomic mass is 16.5. The summed E-state index contributed by atoms with van der Waals surface area (Å²) in [6, 6.07) is 8.99. The molecule has 0 aliphatic heterocycles. The summed E-state index contributed by atoms with van der Waals surface area (Å²) in [7, 11) is 6.24. The Kier molecular flexibility index (Phi) is 8.07. The molecular formula is C25H28N2O6. The first-order chi connectivity index (χ1) is 16.0. The fourth-order valence-electron chi connectivity index (χ4n) is 3.58. The topological polar surface area (TPSA) is 100 Å². The lowest BCUT2D eigenvalue weighted by Crippen LogP contribution is -2.04. The van der Waals surface area contributed by atoms with Gasteiger partial charge in [-0.2, -0.15) is 0 Å². The van der Waals surface area contributed by atoms with Crippen LogP contribution in [-0.4, -0.2) is 49.5 Å². The second-order valence-electron chi connectivity index (χ2n) is 7.38. The highest BCUT2D eigenvalue weighted by Crippen LogP contribution is 2.38. The quantitative estimate of drug-likeness (QED) is 0.469. The van der Waals surface area contributed by atoms with Gasteiger partial charge in [0.05, 0.1) is 39.8 Å². The molecule has 8 nitrogen and oxygen atoms in total. The standard InChI is InChI=1S/C25H28N2O6/c1-30-21-11-16(7-10-20(21)25(28)29)5-8-18-14-26-15-19(27-18)9-6-17-12-22(31-2)24(33-4)23(13-17)32-3/h7,10-15H,5-6,8-9H2,1-4H3,(H,28,29). The van der Waals surface area contributed by atoms with Crippen LogP contribution in [-0.2, 0) is 25.7 Å². The molecule has 0 spiro atoms. The van der Waals surface area contributed by atoms with Crippen molar-refractivity contribution in [3.8, 4) is 23.0 Å². The number of hydrogen-bond donors (Lipinski definition) is 1. The number of aryl methyl sites for hydroxylation is 4. The van der Waals surface area contributed by atoms with Gasteiger partial charge in [-0.1, -0.05) is 6.07 Å². The Balaban J connectivity index is 1.67. The fraction of sp³-hybridized carbons (Fsp3) is 0.320. The van der Waals surface area contributed by atoms with Crippen LogP contribution in [0.1, 0.15) is 32.9 Å². The third-order valence-corrected chi connectivity index (χ3v) is 5.29. The van der Waals surface area contributed by atoms with Crippen molar-refractivity contribution in [1.29, 1.82) is 0 Å². The number of carboxylic acid groups (broad SMARTS) is 1. The van der Waals surface area contributed by atoms with E-state index in [0.29, 0.717) is 42.3 Å². The Bertz CT molecular complexity index is 1090. The highest BCUT2D eigenvalue weighted by Gasteiger charge is 2.14. The molecule has 1 heterocycles. The molecule has 0 unspecified atom stereocenters. The minimum Gasteiger partial charge on any atom is -0.496 e. The van der Waals surface area contributed by atoms with Crippen molar-refractivity contribution < 1.29 is 28.8 Å². The van der Waals surface area contributed by atoms with E-state index < -0.39 is 5.97 Å². The van der Waals surface area contributed by atoms with Crippen molar-refractivity contribution in [2.75, 3.05) is 28.4 Å². The van der Waals surface area contributed by atoms with Gasteiger partial charge in [0.2, 0.25) is 5.75 Å². The summed E-state index contributed by atoms with van der Waals surface area (Å²) >= 11 is 0. The third-order valence-electron chi connectivity index (χ3n) is 5.29. The van der Waals surface area contributed by atoms with Crippen LogP contribution in [0.3, 0.4) is 0 Å². The molecule has 1 N–H and O–H groups in total. The van der Waals surface area contributed by atoms with E-state index in [1.54, 1.807) is 51.9 Å². The number of aromatic carboxylic acids is 1. The number of hydrogen-bond acceptors (Lipinski definition) is 7. The van der Waals surface area contributed by atoms with E-state index in [-0.39, 0.29) is 5.56 Å². The van der Waals surface area contributed by atoms with Gasteiger partial charge in [0, 0.05) is 12.4 Å². The number of carboxylic acids is 1. The number of carbonyl (C=O) groups is 1. The van der Waals surface area contributed by atoms with E-state index in [1.165, 1.54) is 7.11 Å². The van der Waals surface area contributed by atoms with E-state index in [1.807, 2.05) is 12.1 Å². The largest absolute Gasteiger partial charge is 0.496 e. The van der Waals surface area contributed by atoms with E-state index in [4.69, 9.17) is 23.9 Å². The van der Waals surface area contributed by atoms with Gasteiger partial charge in [0.25, 0.3) is 0 Å². The first kappa shape index (κ1) is 23.8. The Morgan fingerprint density at radius 3 is 1.82 bits per heavy atom. The van der Waals surface area contributed by atoms with Crippen LogP contribution < -0.4 is 18.9 Å². The van der Waals surface area contributed by atoms with Crippen LogP contribution in [0.5, 0.6) is 23.0 Å². The summed E-state index contributed by atoms with van der Waals surface area (Å²) in [4.78, 5) is 20.3. The Morgan fingerprint density at radius 1 is 0.758 bits per heavy atom. The lowest BCUT2D eigenvalue weighted by atomic mass is 10.0. The maximum absolute atomic E-state index is 11.3. The Labute approximate surface area is 193 Å². The highest BCUT2D eigenvalue weighted by molar-refractivity contribution is 5.91. The number of nitrogens with zero attached hydrogens (tertiary/aromatic N) is 2. The van der Waals surface area contributed by atoms with Gasteiger partial charge in [-0.05, 0) is 61.1 Å². The van der Waals surface area contributed by atoms with E-state index >= 15 is 0 Å². The van der Waals surface area contributed by atoms with Crippen molar-refractivity contribution in [2.45, 2.75) is 25.7 Å². The molecule has 3 rings (SSSR count). The molecule has 0 bridgehead atoms. The first-order valence-electron chi connectivity index (χ1n) is 10.5. The van der Waals surface area contributed by atoms with Gasteiger partial charge < -0.3 is 24.1 Å². The molecule has 0 fully saturated rings. The van der Waals surface area contributed by atoms with Crippen molar-refractivity contribution in [2.24, 2.45) is 0 Å². The van der Waals surface area contributed by atoms with Crippen LogP contribution in [0.15, 0.2) is 42.7 Å². The number of aromatic nitrogens is 2. The number of ether oxygens (including phenoxy) is 4. The minimum atomic E-state index is -1.01. The van der Waals surface area contributed by atoms with Crippen molar-refractivity contribution in [1.82, 2.24) is 9.97 Å². The average molecular weight is 453 g/mol. The van der Waals surface area contributed by atoms with Crippen molar-refractivity contribution in [3.05, 3.63) is 70.8 Å². The zero-order valence-corrected chi connectivity index (χ0v) is 19.3. The molecular weight excluding hydrogens is 424 g/mol. The van der Waals surface area contributed by atoms with Gasteiger partial charge in [-0.3, -0.25) is 9.97 Å². The van der Waals surface area contributed by atoms with Gasteiger partial charge >= 0.3 is 5.97 Å². The van der Waals surface area contributed by atoms with E-state index in [9.17, 15) is 9.90 Å². The van der Waals surface area contributed by atoms with Crippen LogP contribution in [0, 0.1) is 0 Å². The molecule has 2 aromatic carbocycles. The molecule has 0 aliphatic carbocycles. The molecule has 8 heteroatoms. The van der Waals surface area contributed by atoms with E-state index in [2.05, 4.69) is 4.98 Å². The third kappa shape index (κ3) is 5.91. The maximum Gasteiger partial charge on any atom is 0.339 e. The molecule has 174 valence electrons. The SMILES string of the molecule is COc1cc(CCc2cncc(CCc3cc(OC)c(OC)c(OC)c3)n2)ccc1C(=O)O. The number of benzene rings is 2. The summed E-state index contributed by atoms with van der Waals surface area (Å²) in [5.41, 5.74) is 3.93. The lowest BCUT2D eigenvalue weighted by molar-refractivity contribution is 0.0693. The molecule has 0 radical (unpaired) electrons. The van der Waals surface area contributed by atoms with Gasteiger partial charge in [-0.15, -0.1) is 0 Å². The molecule has 33 heavy (non-hydrogen) atoms. The normalized spacial score (nSPS) is 10.5. The Hall–Kier alpha value is -3.81. The average Bonchev–Trinajstić information content (AvgIpc) is 2.85. The molecule has 0 saturated heterocycles. The summed E-state index contributed by atoms with van der Waals surface area (Å²) in [6.45, 7) is 0. The smallest absolute Gasteiger partial charge is 0.339 e. The molecule has 1 aromatic heterocycles. The zero-order valence-electron chi connectivity index (χ0n) is 19.3. The first-order valence-corrected chi connectivity index (χ1v) is 10.5.